The summed E-state index contributed by atoms with van der Waals surface area (Å²) in [5.41, 5.74) is 3.56. The second-order valence-corrected chi connectivity index (χ2v) is 7.10. The Hall–Kier alpha value is -2.57. The quantitative estimate of drug-likeness (QED) is 0.459. The molecule has 0 amide bonds. The fraction of sp³-hybridized carbons (Fsp3) is 0.318. The number of hydrogen-bond acceptors (Lipinski definition) is 5. The zero-order valence-electron chi connectivity index (χ0n) is 17.8. The van der Waals surface area contributed by atoms with Crippen molar-refractivity contribution in [2.45, 2.75) is 34.1 Å². The summed E-state index contributed by atoms with van der Waals surface area (Å²) in [6.07, 6.45) is -0.370. The lowest BCUT2D eigenvalue weighted by molar-refractivity contribution is 0.0600. The fourth-order valence-electron chi connectivity index (χ4n) is 3.18. The van der Waals surface area contributed by atoms with Crippen LogP contribution in [0.1, 0.15) is 46.7 Å². The number of methoxy groups -OCH3 is 2. The summed E-state index contributed by atoms with van der Waals surface area (Å²) in [6, 6.07) is 6.87. The minimum absolute atomic E-state index is 0.182. The smallest absolute Gasteiger partial charge is 0.419 e. The van der Waals surface area contributed by atoms with Crippen LogP contribution in [0.15, 0.2) is 24.3 Å². The largest absolute Gasteiger partial charge is 0.465 e. The van der Waals surface area contributed by atoms with Gasteiger partial charge in [-0.3, -0.25) is 0 Å². The summed E-state index contributed by atoms with van der Waals surface area (Å²) < 4.78 is 11.1. The van der Waals surface area contributed by atoms with E-state index >= 15 is 0 Å². The molecule has 0 bridgehead atoms. The first-order valence-corrected chi connectivity index (χ1v) is 10.2. The monoisotopic (exact) mass is 450 g/mol. The molecule has 6 nitrogen and oxygen atoms in total. The highest BCUT2D eigenvalue weighted by Crippen LogP contribution is 2.33. The van der Waals surface area contributed by atoms with E-state index in [0.717, 1.165) is 16.6 Å². The van der Waals surface area contributed by atoms with E-state index in [1.54, 1.807) is 6.07 Å². The van der Waals surface area contributed by atoms with Gasteiger partial charge in [0.25, 0.3) is 0 Å². The van der Waals surface area contributed by atoms with Gasteiger partial charge >= 0.3 is 12.1 Å². The van der Waals surface area contributed by atoms with Gasteiger partial charge in [0.05, 0.1) is 24.8 Å². The number of pyridine rings is 1. The van der Waals surface area contributed by atoms with Crippen LogP contribution in [0, 0.1) is 13.8 Å². The molecule has 0 radical (unpaired) electrons. The fourth-order valence-corrected chi connectivity index (χ4v) is 3.76. The van der Waals surface area contributed by atoms with Crippen LogP contribution in [0.2, 0.25) is 10.0 Å². The third-order valence-corrected chi connectivity index (χ3v) is 5.28. The van der Waals surface area contributed by atoms with E-state index in [4.69, 9.17) is 32.7 Å². The van der Waals surface area contributed by atoms with Crippen LogP contribution in [0.3, 0.4) is 0 Å². The average Bonchev–Trinajstić information content (AvgIpc) is 3.09. The van der Waals surface area contributed by atoms with Gasteiger partial charge in [0.1, 0.15) is 5.65 Å². The van der Waals surface area contributed by atoms with E-state index in [9.17, 15) is 9.59 Å². The zero-order chi connectivity index (χ0) is 22.6. The van der Waals surface area contributed by atoms with Gasteiger partial charge in [0, 0.05) is 28.2 Å². The first-order valence-electron chi connectivity index (χ1n) is 9.40. The number of hydrogen-bond donors (Lipinski definition) is 0. The molecule has 8 heteroatoms. The third-order valence-electron chi connectivity index (χ3n) is 4.49. The highest BCUT2D eigenvalue weighted by atomic mass is 35.5. The number of fused-ring (bicyclic) bond motifs is 1. The maximum absolute atomic E-state index is 12.5. The van der Waals surface area contributed by atoms with Gasteiger partial charge in [-0.05, 0) is 49.2 Å². The number of nitrogens with zero attached hydrogens (tertiary/aromatic N) is 2. The molecule has 0 fully saturated rings. The van der Waals surface area contributed by atoms with Crippen molar-refractivity contribution < 1.29 is 19.1 Å². The average molecular weight is 451 g/mol. The lowest BCUT2D eigenvalue weighted by Gasteiger charge is -2.12. The molecule has 30 heavy (non-hydrogen) atoms. The molecule has 3 rings (SSSR count). The lowest BCUT2D eigenvalue weighted by atomic mass is 10.1. The van der Waals surface area contributed by atoms with Gasteiger partial charge in [-0.25, -0.2) is 19.1 Å². The Balaban J connectivity index is 0.00000155. The molecule has 0 aliphatic heterocycles. The number of benzene rings is 1. The summed E-state index contributed by atoms with van der Waals surface area (Å²) in [6.45, 7) is 7.80. The van der Waals surface area contributed by atoms with Gasteiger partial charge in [0.15, 0.2) is 0 Å². The van der Waals surface area contributed by atoms with Gasteiger partial charge < -0.3 is 9.47 Å². The van der Waals surface area contributed by atoms with Crippen molar-refractivity contribution in [3.8, 4) is 0 Å². The molecule has 160 valence electrons. The number of esters is 1. The Labute approximate surface area is 185 Å². The molecule has 0 saturated heterocycles. The SMILES string of the molecule is CC.COC(=O)c1ccc(Cl)c(Cc2cc3c(C)cc(C)nc3n2C(=O)OC)c1Cl. The van der Waals surface area contributed by atoms with Crippen molar-refractivity contribution in [1.82, 2.24) is 9.55 Å². The van der Waals surface area contributed by atoms with Crippen molar-refractivity contribution in [3.63, 3.8) is 0 Å². The predicted molar refractivity (Wildman–Crippen MR) is 119 cm³/mol. The molecular formula is C22H24Cl2N2O4. The van der Waals surface area contributed by atoms with E-state index in [1.165, 1.54) is 24.9 Å². The molecule has 0 unspecified atom stereocenters. The summed E-state index contributed by atoms with van der Waals surface area (Å²) in [7, 11) is 2.58. The van der Waals surface area contributed by atoms with Gasteiger partial charge in [-0.1, -0.05) is 37.0 Å². The molecule has 0 N–H and O–H groups in total. The maximum Gasteiger partial charge on any atom is 0.419 e. The Kier molecular flexibility index (Phi) is 7.87. The Morgan fingerprint density at radius 2 is 1.73 bits per heavy atom. The van der Waals surface area contributed by atoms with Crippen LogP contribution in [0.5, 0.6) is 0 Å². The van der Waals surface area contributed by atoms with Crippen LogP contribution in [0.4, 0.5) is 4.79 Å². The van der Waals surface area contributed by atoms with E-state index in [1.807, 2.05) is 39.8 Å². The van der Waals surface area contributed by atoms with E-state index in [-0.39, 0.29) is 17.0 Å². The van der Waals surface area contributed by atoms with Crippen LogP contribution in [-0.4, -0.2) is 35.8 Å². The lowest BCUT2D eigenvalue weighted by Crippen LogP contribution is -2.16. The zero-order valence-corrected chi connectivity index (χ0v) is 19.3. The van der Waals surface area contributed by atoms with Crippen molar-refractivity contribution in [2.24, 2.45) is 0 Å². The minimum Gasteiger partial charge on any atom is -0.465 e. The predicted octanol–water partition coefficient (Wildman–Crippen LogP) is 5.98. The Morgan fingerprint density at radius 1 is 1.07 bits per heavy atom. The van der Waals surface area contributed by atoms with Crippen molar-refractivity contribution in [2.75, 3.05) is 14.2 Å². The standard InChI is InChI=1S/C20H18Cl2N2O4.C2H6/c1-10-7-11(2)23-18-14(10)8-12(24(18)20(26)28-4)9-15-16(21)6-5-13(17(15)22)19(25)27-3;1-2/h5-8H,9H2,1-4H3;1-2H3. The van der Waals surface area contributed by atoms with Crippen molar-refractivity contribution in [3.05, 3.63) is 62.4 Å². The summed E-state index contributed by atoms with van der Waals surface area (Å²) in [5, 5.41) is 1.38. The van der Waals surface area contributed by atoms with Crippen molar-refractivity contribution in [1.29, 1.82) is 0 Å². The second-order valence-electron chi connectivity index (χ2n) is 6.31. The Morgan fingerprint density at radius 3 is 2.33 bits per heavy atom. The van der Waals surface area contributed by atoms with Crippen LogP contribution in [0.25, 0.3) is 11.0 Å². The highest BCUT2D eigenvalue weighted by Gasteiger charge is 2.22. The Bertz CT molecular complexity index is 1110. The molecule has 0 saturated carbocycles. The molecular weight excluding hydrogens is 427 g/mol. The first-order chi connectivity index (χ1) is 14.3. The molecule has 2 aromatic heterocycles. The van der Waals surface area contributed by atoms with E-state index in [2.05, 4.69) is 4.98 Å². The van der Waals surface area contributed by atoms with Gasteiger partial charge in [-0.15, -0.1) is 0 Å². The number of aromatic nitrogens is 2. The number of rotatable bonds is 3. The van der Waals surface area contributed by atoms with Crippen molar-refractivity contribution >= 4 is 46.3 Å². The van der Waals surface area contributed by atoms with E-state index < -0.39 is 12.1 Å². The summed E-state index contributed by atoms with van der Waals surface area (Å²) >= 11 is 12.8. The molecule has 0 atom stereocenters. The summed E-state index contributed by atoms with van der Waals surface area (Å²) in [4.78, 5) is 28.9. The maximum atomic E-state index is 12.5. The van der Waals surface area contributed by atoms with Gasteiger partial charge in [0.2, 0.25) is 0 Å². The topological polar surface area (TPSA) is 70.4 Å². The molecule has 3 aromatic rings. The molecule has 0 aliphatic carbocycles. The first kappa shape index (κ1) is 23.7. The second kappa shape index (κ2) is 9.96. The number of halogens is 2. The van der Waals surface area contributed by atoms with Crippen LogP contribution in [-0.2, 0) is 15.9 Å². The number of ether oxygens (including phenoxy) is 2. The number of carbonyl (C=O) groups excluding carboxylic acids is 2. The van der Waals surface area contributed by atoms with Gasteiger partial charge in [-0.2, -0.15) is 0 Å². The van der Waals surface area contributed by atoms with Crippen LogP contribution < -0.4 is 0 Å². The van der Waals surface area contributed by atoms with Crippen LogP contribution >= 0.6 is 23.2 Å². The molecule has 2 heterocycles. The normalized spacial score (nSPS) is 10.4. The minimum atomic E-state index is -0.570. The number of aryl methyl sites for hydroxylation is 2. The third kappa shape index (κ3) is 4.45. The van der Waals surface area contributed by atoms with E-state index in [0.29, 0.717) is 21.9 Å². The number of carbonyl (C=O) groups is 2. The molecule has 0 spiro atoms. The molecule has 0 aliphatic rings. The molecule has 1 aromatic carbocycles. The highest BCUT2D eigenvalue weighted by molar-refractivity contribution is 6.38. The summed E-state index contributed by atoms with van der Waals surface area (Å²) in [5.74, 6) is -0.565.